The quantitative estimate of drug-likeness (QED) is 0.736. The van der Waals surface area contributed by atoms with E-state index in [0.717, 1.165) is 0 Å². The van der Waals surface area contributed by atoms with Gasteiger partial charge in [-0.3, -0.25) is 0 Å². The van der Waals surface area contributed by atoms with Crippen LogP contribution >= 0.6 is 0 Å². The molecular formula is C19H29BN2. The molecule has 0 bridgehead atoms. The van der Waals surface area contributed by atoms with Crippen LogP contribution in [0.4, 0.5) is 5.69 Å². The Hall–Kier alpha value is -1.48. The van der Waals surface area contributed by atoms with Gasteiger partial charge in [0.2, 0.25) is 0 Å². The van der Waals surface area contributed by atoms with E-state index < -0.39 is 0 Å². The lowest BCUT2D eigenvalue weighted by Crippen LogP contribution is -2.51. The van der Waals surface area contributed by atoms with E-state index >= 15 is 0 Å². The van der Waals surface area contributed by atoms with Crippen molar-refractivity contribution in [2.75, 3.05) is 4.90 Å². The molecule has 0 spiro atoms. The lowest BCUT2D eigenvalue weighted by molar-refractivity contribution is 0.306. The average Bonchev–Trinajstić information content (AvgIpc) is 2.42. The molecule has 2 nitrogen and oxygen atoms in total. The highest BCUT2D eigenvalue weighted by Crippen LogP contribution is 2.27. The summed E-state index contributed by atoms with van der Waals surface area (Å²) in [7, 11) is 0. The molecule has 1 aromatic rings. The number of nitrogens with zero attached hydrogens (tertiary/aromatic N) is 2. The van der Waals surface area contributed by atoms with Gasteiger partial charge in [0.15, 0.2) is 0 Å². The second-order valence-corrected chi connectivity index (χ2v) is 7.03. The zero-order valence-electron chi connectivity index (χ0n) is 15.1. The van der Waals surface area contributed by atoms with Gasteiger partial charge in [0.05, 0.1) is 0 Å². The first-order valence-electron chi connectivity index (χ1n) is 8.30. The Morgan fingerprint density at radius 1 is 0.818 bits per heavy atom. The van der Waals surface area contributed by atoms with E-state index in [0.29, 0.717) is 18.9 Å². The molecule has 0 N–H and O–H groups in total. The summed E-state index contributed by atoms with van der Waals surface area (Å²) in [5.41, 5.74) is 5.33. The maximum Gasteiger partial charge on any atom is 0.286 e. The number of allylic oxidation sites excluding steroid dienone is 2. The summed E-state index contributed by atoms with van der Waals surface area (Å²) < 4.78 is 0. The van der Waals surface area contributed by atoms with Crippen LogP contribution in [0.3, 0.4) is 0 Å². The first kappa shape index (κ1) is 16.9. The Morgan fingerprint density at radius 3 is 1.68 bits per heavy atom. The highest BCUT2D eigenvalue weighted by molar-refractivity contribution is 6.71. The van der Waals surface area contributed by atoms with Crippen molar-refractivity contribution < 1.29 is 0 Å². The second-order valence-electron chi connectivity index (χ2n) is 7.03. The molecule has 3 heteroatoms. The predicted octanol–water partition coefficient (Wildman–Crippen LogP) is 4.81. The summed E-state index contributed by atoms with van der Waals surface area (Å²) in [6, 6.07) is 9.77. The third-order valence-electron chi connectivity index (χ3n) is 4.37. The molecule has 0 saturated carbocycles. The molecule has 2 rings (SSSR count). The van der Waals surface area contributed by atoms with Crippen LogP contribution in [0.15, 0.2) is 47.6 Å². The average molecular weight is 296 g/mol. The van der Waals surface area contributed by atoms with E-state index in [1.54, 1.807) is 0 Å². The fraction of sp³-hybridized carbons (Fsp3) is 0.474. The van der Waals surface area contributed by atoms with Crippen LogP contribution in [0.5, 0.6) is 0 Å². The van der Waals surface area contributed by atoms with Crippen molar-refractivity contribution in [3.8, 4) is 0 Å². The number of hydrogen-bond acceptors (Lipinski definition) is 2. The summed E-state index contributed by atoms with van der Waals surface area (Å²) >= 11 is 0. The second kappa shape index (κ2) is 6.74. The molecule has 1 heterocycles. The molecule has 22 heavy (non-hydrogen) atoms. The minimum atomic E-state index is 0.404. The van der Waals surface area contributed by atoms with Gasteiger partial charge in [0.1, 0.15) is 0 Å². The van der Waals surface area contributed by atoms with E-state index in [2.05, 4.69) is 94.8 Å². The third-order valence-corrected chi connectivity index (χ3v) is 4.37. The van der Waals surface area contributed by atoms with E-state index in [1.165, 1.54) is 22.2 Å². The summed E-state index contributed by atoms with van der Waals surface area (Å²) in [5.74, 6) is 0. The number of aryl methyl sites for hydroxylation is 1. The summed E-state index contributed by atoms with van der Waals surface area (Å²) in [6.07, 6.45) is 4.56. The van der Waals surface area contributed by atoms with Gasteiger partial charge >= 0.3 is 0 Å². The maximum absolute atomic E-state index is 2.59. The molecule has 1 aromatic carbocycles. The fourth-order valence-electron chi connectivity index (χ4n) is 3.51. The Balaban J connectivity index is 2.32. The van der Waals surface area contributed by atoms with Crippen LogP contribution < -0.4 is 4.90 Å². The van der Waals surface area contributed by atoms with E-state index in [1.807, 2.05) is 0 Å². The molecule has 0 amide bonds. The van der Waals surface area contributed by atoms with Crippen LogP contribution in [-0.2, 0) is 0 Å². The Kier molecular flexibility index (Phi) is 5.18. The van der Waals surface area contributed by atoms with Crippen LogP contribution in [0.1, 0.15) is 47.1 Å². The SMILES string of the molecule is CC1=CN(c2ccc(C)cc2)C=C(C)B1N(C(C)C)C(C)C. The van der Waals surface area contributed by atoms with Gasteiger partial charge in [-0.05, 0) is 45.0 Å². The molecule has 0 unspecified atom stereocenters. The Bertz CT molecular complexity index is 542. The van der Waals surface area contributed by atoms with Crippen molar-refractivity contribution in [1.29, 1.82) is 0 Å². The van der Waals surface area contributed by atoms with Crippen LogP contribution in [0.2, 0.25) is 0 Å². The molecule has 0 atom stereocenters. The van der Waals surface area contributed by atoms with Crippen molar-refractivity contribution >= 4 is 12.5 Å². The summed E-state index contributed by atoms with van der Waals surface area (Å²) in [5, 5.41) is 0. The molecule has 0 saturated heterocycles. The maximum atomic E-state index is 2.59. The number of benzene rings is 1. The predicted molar refractivity (Wildman–Crippen MR) is 99.0 cm³/mol. The Labute approximate surface area is 136 Å². The number of hydrogen-bond donors (Lipinski definition) is 0. The van der Waals surface area contributed by atoms with Crippen molar-refractivity contribution in [1.82, 2.24) is 4.81 Å². The van der Waals surface area contributed by atoms with Gasteiger partial charge in [-0.2, -0.15) is 0 Å². The minimum absolute atomic E-state index is 0.404. The van der Waals surface area contributed by atoms with Crippen LogP contribution in [0.25, 0.3) is 0 Å². The highest BCUT2D eigenvalue weighted by Gasteiger charge is 2.33. The zero-order valence-corrected chi connectivity index (χ0v) is 15.1. The molecule has 0 fully saturated rings. The van der Waals surface area contributed by atoms with Gasteiger partial charge in [-0.15, -0.1) is 0 Å². The van der Waals surface area contributed by atoms with Crippen molar-refractivity contribution in [3.63, 3.8) is 0 Å². The summed E-state index contributed by atoms with van der Waals surface area (Å²) in [4.78, 5) is 4.84. The first-order valence-corrected chi connectivity index (χ1v) is 8.30. The minimum Gasteiger partial charge on any atom is -0.330 e. The molecule has 0 radical (unpaired) electrons. The highest BCUT2D eigenvalue weighted by atomic mass is 15.1. The monoisotopic (exact) mass is 296 g/mol. The largest absolute Gasteiger partial charge is 0.330 e. The van der Waals surface area contributed by atoms with E-state index in [-0.39, 0.29) is 0 Å². The van der Waals surface area contributed by atoms with Crippen molar-refractivity contribution in [2.45, 2.75) is 60.5 Å². The number of rotatable bonds is 4. The Morgan fingerprint density at radius 2 is 1.27 bits per heavy atom. The molecule has 1 aliphatic heterocycles. The van der Waals surface area contributed by atoms with Gasteiger partial charge in [-0.25, -0.2) is 0 Å². The number of anilines is 1. The van der Waals surface area contributed by atoms with Crippen LogP contribution in [-0.4, -0.2) is 23.7 Å². The topological polar surface area (TPSA) is 6.48 Å². The first-order chi connectivity index (χ1) is 10.3. The normalized spacial score (nSPS) is 15.7. The van der Waals surface area contributed by atoms with E-state index in [4.69, 9.17) is 0 Å². The van der Waals surface area contributed by atoms with Crippen LogP contribution in [0, 0.1) is 6.92 Å². The lowest BCUT2D eigenvalue weighted by atomic mass is 9.47. The molecular weight excluding hydrogens is 267 g/mol. The van der Waals surface area contributed by atoms with Gasteiger partial charge in [-0.1, -0.05) is 56.3 Å². The molecule has 1 aliphatic rings. The van der Waals surface area contributed by atoms with E-state index in [9.17, 15) is 0 Å². The smallest absolute Gasteiger partial charge is 0.286 e. The fourth-order valence-corrected chi connectivity index (χ4v) is 3.51. The summed E-state index contributed by atoms with van der Waals surface area (Å²) in [6.45, 7) is 16.2. The molecule has 0 aliphatic carbocycles. The molecule has 118 valence electrons. The van der Waals surface area contributed by atoms with Crippen molar-refractivity contribution in [2.24, 2.45) is 0 Å². The van der Waals surface area contributed by atoms with Gasteiger partial charge < -0.3 is 9.71 Å². The zero-order chi connectivity index (χ0) is 16.4. The third kappa shape index (κ3) is 3.46. The standard InChI is InChI=1S/C19H29BN2/c1-14(2)22(15(3)4)20-17(6)12-21(13-18(20)7)19-10-8-16(5)9-11-19/h8-15H,1-7H3. The van der Waals surface area contributed by atoms with Crippen molar-refractivity contribution in [3.05, 3.63) is 53.2 Å². The van der Waals surface area contributed by atoms with Gasteiger partial charge in [0, 0.05) is 18.1 Å². The molecule has 0 aromatic heterocycles. The van der Waals surface area contributed by atoms with Gasteiger partial charge in [0.25, 0.3) is 6.85 Å². The lowest BCUT2D eigenvalue weighted by Gasteiger charge is -2.40.